The highest BCUT2D eigenvalue weighted by molar-refractivity contribution is 5.85. The largest absolute Gasteiger partial charge is 0.481 e. The number of aromatic nitrogens is 2. The van der Waals surface area contributed by atoms with E-state index >= 15 is 0 Å². The summed E-state index contributed by atoms with van der Waals surface area (Å²) in [6.07, 6.45) is 3.63. The van der Waals surface area contributed by atoms with Crippen LogP contribution in [0.5, 0.6) is 5.88 Å². The second kappa shape index (κ2) is 6.70. The number of rotatable bonds is 3. The van der Waals surface area contributed by atoms with E-state index in [1.807, 2.05) is 11.0 Å². The van der Waals surface area contributed by atoms with Gasteiger partial charge in [-0.1, -0.05) is 24.3 Å². The summed E-state index contributed by atoms with van der Waals surface area (Å²) < 4.78 is 5.16. The number of benzene rings is 1. The van der Waals surface area contributed by atoms with E-state index in [0.29, 0.717) is 24.9 Å². The van der Waals surface area contributed by atoms with Crippen LogP contribution in [-0.2, 0) is 11.2 Å². The van der Waals surface area contributed by atoms with Gasteiger partial charge in [-0.15, -0.1) is 0 Å². The van der Waals surface area contributed by atoms with Gasteiger partial charge in [0.2, 0.25) is 17.7 Å². The van der Waals surface area contributed by atoms with Crippen LogP contribution in [-0.4, -0.2) is 54.1 Å². The minimum absolute atomic E-state index is 0.0239. The summed E-state index contributed by atoms with van der Waals surface area (Å²) in [7, 11) is 1.60. The number of anilines is 1. The number of piperazine rings is 1. The van der Waals surface area contributed by atoms with Gasteiger partial charge in [0.05, 0.1) is 13.0 Å². The average Bonchev–Trinajstić information content (AvgIpc) is 3.12. The van der Waals surface area contributed by atoms with Gasteiger partial charge in [0, 0.05) is 38.4 Å². The molecule has 1 aromatic heterocycles. The van der Waals surface area contributed by atoms with Gasteiger partial charge in [-0.25, -0.2) is 4.98 Å². The molecule has 0 spiro atoms. The van der Waals surface area contributed by atoms with Crippen LogP contribution in [0.2, 0.25) is 0 Å². The Morgan fingerprint density at radius 3 is 2.76 bits per heavy atom. The molecular formula is C19H22N4O2. The minimum Gasteiger partial charge on any atom is -0.481 e. The van der Waals surface area contributed by atoms with E-state index in [-0.39, 0.29) is 11.8 Å². The molecule has 1 saturated heterocycles. The number of nitrogens with zero attached hydrogens (tertiary/aromatic N) is 4. The van der Waals surface area contributed by atoms with E-state index in [4.69, 9.17) is 4.74 Å². The van der Waals surface area contributed by atoms with Crippen molar-refractivity contribution in [3.63, 3.8) is 0 Å². The van der Waals surface area contributed by atoms with Crippen molar-refractivity contribution in [2.24, 2.45) is 0 Å². The van der Waals surface area contributed by atoms with E-state index in [0.717, 1.165) is 25.9 Å². The Hall–Kier alpha value is -2.63. The maximum atomic E-state index is 13.0. The molecule has 130 valence electrons. The maximum absolute atomic E-state index is 13.0. The van der Waals surface area contributed by atoms with E-state index in [2.05, 4.69) is 33.1 Å². The second-order valence-corrected chi connectivity index (χ2v) is 6.50. The smallest absolute Gasteiger partial charge is 0.230 e. The summed E-state index contributed by atoms with van der Waals surface area (Å²) in [5.74, 6) is 1.51. The van der Waals surface area contributed by atoms with Gasteiger partial charge in [0.25, 0.3) is 0 Å². The molecule has 0 bridgehead atoms. The van der Waals surface area contributed by atoms with Crippen LogP contribution in [0.25, 0.3) is 0 Å². The molecule has 2 aliphatic rings. The maximum Gasteiger partial charge on any atom is 0.230 e. The molecule has 6 heteroatoms. The molecule has 0 N–H and O–H groups in total. The van der Waals surface area contributed by atoms with Gasteiger partial charge in [0.1, 0.15) is 0 Å². The molecule has 25 heavy (non-hydrogen) atoms. The van der Waals surface area contributed by atoms with Crippen molar-refractivity contribution in [1.29, 1.82) is 0 Å². The molecule has 1 aliphatic heterocycles. The average molecular weight is 338 g/mol. The molecule has 1 amide bonds. The number of amides is 1. The first-order chi connectivity index (χ1) is 12.3. The lowest BCUT2D eigenvalue weighted by atomic mass is 9.99. The first kappa shape index (κ1) is 15.9. The van der Waals surface area contributed by atoms with Crippen molar-refractivity contribution in [3.8, 4) is 5.88 Å². The number of methoxy groups -OCH3 is 1. The lowest BCUT2D eigenvalue weighted by Crippen LogP contribution is -2.50. The van der Waals surface area contributed by atoms with E-state index < -0.39 is 0 Å². The Bertz CT molecular complexity index is 772. The first-order valence-corrected chi connectivity index (χ1v) is 8.75. The zero-order chi connectivity index (χ0) is 17.2. The summed E-state index contributed by atoms with van der Waals surface area (Å²) in [4.78, 5) is 25.8. The number of carbonyl (C=O) groups is 1. The number of hydrogen-bond donors (Lipinski definition) is 0. The fourth-order valence-corrected chi connectivity index (χ4v) is 3.76. The van der Waals surface area contributed by atoms with Gasteiger partial charge in [-0.2, -0.15) is 4.98 Å². The third kappa shape index (κ3) is 3.04. The van der Waals surface area contributed by atoms with Crippen LogP contribution in [0.4, 0.5) is 5.95 Å². The predicted molar refractivity (Wildman–Crippen MR) is 94.9 cm³/mol. The van der Waals surface area contributed by atoms with Crippen LogP contribution < -0.4 is 9.64 Å². The Balaban J connectivity index is 1.41. The molecular weight excluding hydrogens is 316 g/mol. The summed E-state index contributed by atoms with van der Waals surface area (Å²) >= 11 is 0. The van der Waals surface area contributed by atoms with Gasteiger partial charge in [-0.3, -0.25) is 4.79 Å². The Morgan fingerprint density at radius 2 is 1.96 bits per heavy atom. The van der Waals surface area contributed by atoms with Crippen molar-refractivity contribution in [3.05, 3.63) is 47.7 Å². The topological polar surface area (TPSA) is 58.6 Å². The Labute approximate surface area is 147 Å². The molecule has 2 heterocycles. The van der Waals surface area contributed by atoms with Crippen molar-refractivity contribution < 1.29 is 9.53 Å². The lowest BCUT2D eigenvalue weighted by Gasteiger charge is -2.36. The zero-order valence-corrected chi connectivity index (χ0v) is 14.4. The molecule has 1 fully saturated rings. The van der Waals surface area contributed by atoms with Crippen LogP contribution in [0.15, 0.2) is 36.5 Å². The van der Waals surface area contributed by atoms with Crippen molar-refractivity contribution in [2.75, 3.05) is 38.2 Å². The highest BCUT2D eigenvalue weighted by Gasteiger charge is 2.33. The van der Waals surface area contributed by atoms with E-state index in [1.165, 1.54) is 11.1 Å². The second-order valence-electron chi connectivity index (χ2n) is 6.50. The molecule has 1 aliphatic carbocycles. The molecule has 0 unspecified atom stereocenters. The number of fused-ring (bicyclic) bond motifs is 1. The monoisotopic (exact) mass is 338 g/mol. The molecule has 2 aromatic rings. The normalized spacial score (nSPS) is 19.6. The van der Waals surface area contributed by atoms with Gasteiger partial charge >= 0.3 is 0 Å². The van der Waals surface area contributed by atoms with Gasteiger partial charge in [0.15, 0.2) is 0 Å². The number of ether oxygens (including phenoxy) is 1. The highest BCUT2D eigenvalue weighted by atomic mass is 16.5. The highest BCUT2D eigenvalue weighted by Crippen LogP contribution is 2.34. The summed E-state index contributed by atoms with van der Waals surface area (Å²) in [6.45, 7) is 2.90. The Morgan fingerprint density at radius 1 is 1.16 bits per heavy atom. The third-order valence-electron chi connectivity index (χ3n) is 5.13. The summed E-state index contributed by atoms with van der Waals surface area (Å²) in [5.41, 5.74) is 2.54. The van der Waals surface area contributed by atoms with E-state index in [9.17, 15) is 4.79 Å². The fourth-order valence-electron chi connectivity index (χ4n) is 3.76. The van der Waals surface area contributed by atoms with Crippen LogP contribution >= 0.6 is 0 Å². The minimum atomic E-state index is 0.0239. The molecule has 0 saturated carbocycles. The number of hydrogen-bond acceptors (Lipinski definition) is 5. The quantitative estimate of drug-likeness (QED) is 0.855. The third-order valence-corrected chi connectivity index (χ3v) is 5.13. The molecule has 4 rings (SSSR count). The SMILES string of the molecule is COc1ccnc(N2CCN(C(=O)[C@H]3CCc4ccccc43)CC2)n1. The molecule has 6 nitrogen and oxygen atoms in total. The van der Waals surface area contributed by atoms with Crippen LogP contribution in [0.3, 0.4) is 0 Å². The molecule has 0 radical (unpaired) electrons. The molecule has 1 atom stereocenters. The standard InChI is InChI=1S/C19H22N4O2/c1-25-17-8-9-20-19(21-17)23-12-10-22(11-13-23)18(24)16-7-6-14-4-2-3-5-15(14)16/h2-5,8-9,16H,6-7,10-13H2,1H3/t16-/m0/s1. The molecule has 1 aromatic carbocycles. The van der Waals surface area contributed by atoms with Crippen LogP contribution in [0, 0.1) is 0 Å². The fraction of sp³-hybridized carbons (Fsp3) is 0.421. The number of carbonyl (C=O) groups excluding carboxylic acids is 1. The van der Waals surface area contributed by atoms with Crippen LogP contribution in [0.1, 0.15) is 23.5 Å². The lowest BCUT2D eigenvalue weighted by molar-refractivity contribution is -0.133. The van der Waals surface area contributed by atoms with Crippen molar-refractivity contribution in [1.82, 2.24) is 14.9 Å². The summed E-state index contributed by atoms with van der Waals surface area (Å²) in [5, 5.41) is 0. The Kier molecular flexibility index (Phi) is 4.26. The van der Waals surface area contributed by atoms with Crippen molar-refractivity contribution >= 4 is 11.9 Å². The first-order valence-electron chi connectivity index (χ1n) is 8.75. The predicted octanol–water partition coefficient (Wildman–Crippen LogP) is 1.86. The van der Waals surface area contributed by atoms with Crippen molar-refractivity contribution in [2.45, 2.75) is 18.8 Å². The summed E-state index contributed by atoms with van der Waals surface area (Å²) in [6, 6.07) is 10.1. The number of aryl methyl sites for hydroxylation is 1. The van der Waals surface area contributed by atoms with E-state index in [1.54, 1.807) is 19.4 Å². The zero-order valence-electron chi connectivity index (χ0n) is 14.4. The van der Waals surface area contributed by atoms with Gasteiger partial charge in [-0.05, 0) is 24.0 Å². The van der Waals surface area contributed by atoms with Gasteiger partial charge < -0.3 is 14.5 Å².